The molecule has 0 spiro atoms. The number of nitrogens with one attached hydrogen (secondary N) is 2. The van der Waals surface area contributed by atoms with E-state index in [0.717, 1.165) is 17.0 Å². The van der Waals surface area contributed by atoms with Crippen LogP contribution in [0.25, 0.3) is 11.2 Å². The molecule has 0 bridgehead atoms. The molecule has 6 heteroatoms. The molecule has 0 atom stereocenters. The van der Waals surface area contributed by atoms with Crippen LogP contribution in [0.5, 0.6) is 0 Å². The van der Waals surface area contributed by atoms with Gasteiger partial charge in [0.25, 0.3) is 0 Å². The van der Waals surface area contributed by atoms with Gasteiger partial charge in [-0.15, -0.1) is 0 Å². The van der Waals surface area contributed by atoms with Crippen LogP contribution in [-0.4, -0.2) is 19.9 Å². The third kappa shape index (κ3) is 3.26. The third-order valence-electron chi connectivity index (χ3n) is 4.33. The fraction of sp³-hybridized carbons (Fsp3) is 0.150. The fourth-order valence-electron chi connectivity index (χ4n) is 2.86. The van der Waals surface area contributed by atoms with Crippen LogP contribution in [0.2, 0.25) is 0 Å². The molecule has 2 N–H and O–H groups in total. The van der Waals surface area contributed by atoms with Crippen LogP contribution in [0, 0.1) is 6.92 Å². The number of halogens is 1. The fourth-order valence-corrected chi connectivity index (χ4v) is 2.86. The lowest BCUT2D eigenvalue weighted by molar-refractivity contribution is 0.485. The predicted molar refractivity (Wildman–Crippen MR) is 100 cm³/mol. The maximum Gasteiger partial charge on any atom is 0.183 e. The number of nitrogens with zero attached hydrogens (tertiary/aromatic N) is 3. The highest BCUT2D eigenvalue weighted by molar-refractivity contribution is 5.85. The van der Waals surface area contributed by atoms with Crippen molar-refractivity contribution in [2.45, 2.75) is 20.0 Å². The van der Waals surface area contributed by atoms with E-state index in [0.29, 0.717) is 23.4 Å². The van der Waals surface area contributed by atoms with E-state index in [9.17, 15) is 4.39 Å². The largest absolute Gasteiger partial charge is 0.338 e. The maximum atomic E-state index is 12.6. The van der Waals surface area contributed by atoms with Gasteiger partial charge in [0, 0.05) is 12.1 Å². The first kappa shape index (κ1) is 16.2. The number of aryl methyl sites for hydroxylation is 1. The van der Waals surface area contributed by atoms with Crippen molar-refractivity contribution < 1.29 is 4.39 Å². The van der Waals surface area contributed by atoms with Crippen LogP contribution in [0.15, 0.2) is 54.9 Å². The number of fused-ring (bicyclic) bond motifs is 1. The first-order valence-corrected chi connectivity index (χ1v) is 8.39. The Balaban J connectivity index is 1.63. The summed E-state index contributed by atoms with van der Waals surface area (Å²) in [5.74, 6) is 1.48. The summed E-state index contributed by atoms with van der Waals surface area (Å²) in [4.78, 5) is 16.5. The van der Waals surface area contributed by atoms with Crippen molar-refractivity contribution in [2.24, 2.45) is 0 Å². The molecule has 0 aliphatic heterocycles. The molecular weight excluding hydrogens is 329 g/mol. The summed E-state index contributed by atoms with van der Waals surface area (Å²) in [7, 11) is 0. The minimum Gasteiger partial charge on any atom is -0.338 e. The molecule has 4 aromatic rings. The second-order valence-corrected chi connectivity index (χ2v) is 6.16. The number of aromatic nitrogens is 4. The molecular formula is C20H18FN5. The molecule has 130 valence electrons. The molecule has 0 saturated heterocycles. The first-order chi connectivity index (χ1) is 12.7. The van der Waals surface area contributed by atoms with Crippen molar-refractivity contribution in [2.75, 3.05) is 5.32 Å². The number of anilines is 2. The molecule has 0 saturated carbocycles. The van der Waals surface area contributed by atoms with Crippen LogP contribution in [-0.2, 0) is 13.1 Å². The lowest BCUT2D eigenvalue weighted by Gasteiger charge is -2.06. The SMILES string of the molecule is Cc1ccccc1Cc1nc2ncnc(Nc3ccc(CF)cc3)c2[nH]1. The van der Waals surface area contributed by atoms with Gasteiger partial charge in [0.05, 0.1) is 0 Å². The molecule has 4 rings (SSSR count). The van der Waals surface area contributed by atoms with Crippen LogP contribution < -0.4 is 5.32 Å². The van der Waals surface area contributed by atoms with Gasteiger partial charge < -0.3 is 10.3 Å². The van der Waals surface area contributed by atoms with Crippen LogP contribution in [0.1, 0.15) is 22.5 Å². The monoisotopic (exact) mass is 347 g/mol. The molecule has 2 heterocycles. The number of imidazole rings is 1. The van der Waals surface area contributed by atoms with Crippen LogP contribution >= 0.6 is 0 Å². The van der Waals surface area contributed by atoms with Gasteiger partial charge in [-0.2, -0.15) is 0 Å². The van der Waals surface area contributed by atoms with Crippen molar-refractivity contribution in [3.63, 3.8) is 0 Å². The Morgan fingerprint density at radius 2 is 1.85 bits per heavy atom. The van der Waals surface area contributed by atoms with Crippen molar-refractivity contribution in [1.82, 2.24) is 19.9 Å². The smallest absolute Gasteiger partial charge is 0.183 e. The molecule has 2 aromatic carbocycles. The third-order valence-corrected chi connectivity index (χ3v) is 4.33. The van der Waals surface area contributed by atoms with Crippen molar-refractivity contribution in [1.29, 1.82) is 0 Å². The summed E-state index contributed by atoms with van der Waals surface area (Å²) in [6.45, 7) is 1.62. The molecule has 0 radical (unpaired) electrons. The predicted octanol–water partition coefficient (Wildman–Crippen LogP) is 4.47. The molecule has 0 amide bonds. The van der Waals surface area contributed by atoms with E-state index in [4.69, 9.17) is 0 Å². The highest BCUT2D eigenvalue weighted by Gasteiger charge is 2.11. The Kier molecular flexibility index (Phi) is 4.31. The molecule has 0 fully saturated rings. The Morgan fingerprint density at radius 1 is 1.04 bits per heavy atom. The standard InChI is InChI=1S/C20H18FN5/c1-13-4-2-3-5-15(13)10-17-25-18-19(22-12-23-20(18)26-17)24-16-8-6-14(11-21)7-9-16/h2-9,12H,10-11H2,1H3,(H2,22,23,24,25,26). The van der Waals surface area contributed by atoms with Crippen molar-refractivity contribution in [3.05, 3.63) is 77.4 Å². The Morgan fingerprint density at radius 3 is 2.62 bits per heavy atom. The van der Waals surface area contributed by atoms with E-state index in [2.05, 4.69) is 44.3 Å². The Labute approximate surface area is 150 Å². The number of H-pyrrole nitrogens is 1. The van der Waals surface area contributed by atoms with Crippen molar-refractivity contribution in [3.8, 4) is 0 Å². The lowest BCUT2D eigenvalue weighted by Crippen LogP contribution is -1.96. The van der Waals surface area contributed by atoms with Crippen LogP contribution in [0.3, 0.4) is 0 Å². The van der Waals surface area contributed by atoms with E-state index in [1.54, 1.807) is 12.1 Å². The number of alkyl halides is 1. The molecule has 0 aliphatic rings. The number of rotatable bonds is 5. The second kappa shape index (κ2) is 6.92. The van der Waals surface area contributed by atoms with Crippen LogP contribution in [0.4, 0.5) is 15.9 Å². The zero-order valence-corrected chi connectivity index (χ0v) is 14.3. The van der Waals surface area contributed by atoms with Gasteiger partial charge in [-0.25, -0.2) is 19.3 Å². The average Bonchev–Trinajstić information content (AvgIpc) is 3.08. The molecule has 26 heavy (non-hydrogen) atoms. The van der Waals surface area contributed by atoms with E-state index in [1.807, 2.05) is 24.3 Å². The minimum absolute atomic E-state index is 0.471. The topological polar surface area (TPSA) is 66.5 Å². The van der Waals surface area contributed by atoms with Crippen molar-refractivity contribution >= 4 is 22.7 Å². The van der Waals surface area contributed by atoms with Gasteiger partial charge >= 0.3 is 0 Å². The number of benzene rings is 2. The Bertz CT molecular complexity index is 1040. The van der Waals surface area contributed by atoms with E-state index < -0.39 is 6.67 Å². The quantitative estimate of drug-likeness (QED) is 0.559. The summed E-state index contributed by atoms with van der Waals surface area (Å²) in [5, 5.41) is 3.24. The van der Waals surface area contributed by atoms with E-state index in [-0.39, 0.29) is 0 Å². The zero-order valence-electron chi connectivity index (χ0n) is 14.3. The number of hydrogen-bond donors (Lipinski definition) is 2. The second-order valence-electron chi connectivity index (χ2n) is 6.16. The highest BCUT2D eigenvalue weighted by atomic mass is 19.1. The maximum absolute atomic E-state index is 12.6. The van der Waals surface area contributed by atoms with Gasteiger partial charge in [0.15, 0.2) is 11.5 Å². The Hall–Kier alpha value is -3.28. The summed E-state index contributed by atoms with van der Waals surface area (Å²) < 4.78 is 12.6. The number of hydrogen-bond acceptors (Lipinski definition) is 4. The zero-order chi connectivity index (χ0) is 17.9. The van der Waals surface area contributed by atoms with E-state index >= 15 is 0 Å². The van der Waals surface area contributed by atoms with Gasteiger partial charge in [0.2, 0.25) is 0 Å². The summed E-state index contributed by atoms with van der Waals surface area (Å²) in [6, 6.07) is 15.4. The van der Waals surface area contributed by atoms with Gasteiger partial charge in [0.1, 0.15) is 24.3 Å². The number of aromatic amines is 1. The summed E-state index contributed by atoms with van der Waals surface area (Å²) >= 11 is 0. The minimum atomic E-state index is -0.471. The van der Waals surface area contributed by atoms with Gasteiger partial charge in [-0.05, 0) is 35.7 Å². The average molecular weight is 347 g/mol. The lowest BCUT2D eigenvalue weighted by atomic mass is 10.1. The summed E-state index contributed by atoms with van der Waals surface area (Å²) in [6.07, 6.45) is 2.19. The molecule has 0 aliphatic carbocycles. The van der Waals surface area contributed by atoms with Gasteiger partial charge in [-0.3, -0.25) is 0 Å². The summed E-state index contributed by atoms with van der Waals surface area (Å²) in [5.41, 5.74) is 5.29. The highest BCUT2D eigenvalue weighted by Crippen LogP contribution is 2.23. The van der Waals surface area contributed by atoms with Gasteiger partial charge in [-0.1, -0.05) is 36.4 Å². The first-order valence-electron chi connectivity index (χ1n) is 8.39. The molecule has 0 unspecified atom stereocenters. The normalized spacial score (nSPS) is 11.0. The van der Waals surface area contributed by atoms with E-state index in [1.165, 1.54) is 17.5 Å². The molecule has 2 aromatic heterocycles. The molecule has 5 nitrogen and oxygen atoms in total.